The van der Waals surface area contributed by atoms with Gasteiger partial charge in [0.1, 0.15) is 0 Å². The van der Waals surface area contributed by atoms with E-state index in [4.69, 9.17) is 5.73 Å². The van der Waals surface area contributed by atoms with Crippen LogP contribution in [0.5, 0.6) is 0 Å². The fourth-order valence-corrected chi connectivity index (χ4v) is 2.51. The lowest BCUT2D eigenvalue weighted by Crippen LogP contribution is -2.33. The fourth-order valence-electron chi connectivity index (χ4n) is 2.51. The number of fused-ring (bicyclic) bond motifs is 1. The lowest BCUT2D eigenvalue weighted by molar-refractivity contribution is 0.657. The first-order chi connectivity index (χ1) is 10.7. The summed E-state index contributed by atoms with van der Waals surface area (Å²) in [5.74, 6) is 0. The van der Waals surface area contributed by atoms with Gasteiger partial charge in [-0.1, -0.05) is 24.8 Å². The first-order valence-electron chi connectivity index (χ1n) is 7.44. The standard InChI is InChI=1S/C17H21N5/c1-12(16(18)9-15-10-19-11-21-15)20-7-6-14-8-13-4-2-3-5-17(13)22-14/h2-5,8,10-11,16,20,22H,1,6-7,9,18H2,(H,19,21). The van der Waals surface area contributed by atoms with Crippen LogP contribution in [0.3, 0.4) is 0 Å². The second-order valence-electron chi connectivity index (χ2n) is 5.47. The molecule has 1 unspecified atom stereocenters. The van der Waals surface area contributed by atoms with Crippen LogP contribution in [-0.2, 0) is 12.8 Å². The molecular formula is C17H21N5. The molecular weight excluding hydrogens is 274 g/mol. The van der Waals surface area contributed by atoms with Crippen molar-refractivity contribution in [1.29, 1.82) is 0 Å². The molecule has 0 fully saturated rings. The van der Waals surface area contributed by atoms with E-state index in [1.54, 1.807) is 12.5 Å². The highest BCUT2D eigenvalue weighted by Crippen LogP contribution is 2.14. The summed E-state index contributed by atoms with van der Waals surface area (Å²) in [4.78, 5) is 10.5. The summed E-state index contributed by atoms with van der Waals surface area (Å²) < 4.78 is 0. The Balaban J connectivity index is 1.48. The average Bonchev–Trinajstić information content (AvgIpc) is 3.15. The number of H-pyrrole nitrogens is 2. The third-order valence-corrected chi connectivity index (χ3v) is 3.77. The molecule has 0 saturated carbocycles. The highest BCUT2D eigenvalue weighted by Gasteiger charge is 2.09. The highest BCUT2D eigenvalue weighted by atomic mass is 14.9. The maximum absolute atomic E-state index is 6.13. The molecule has 0 bridgehead atoms. The van der Waals surface area contributed by atoms with Crippen LogP contribution in [0.4, 0.5) is 0 Å². The van der Waals surface area contributed by atoms with E-state index in [1.165, 1.54) is 16.6 Å². The van der Waals surface area contributed by atoms with Crippen LogP contribution in [0.15, 0.2) is 55.1 Å². The van der Waals surface area contributed by atoms with Crippen LogP contribution >= 0.6 is 0 Å². The van der Waals surface area contributed by atoms with Gasteiger partial charge in [-0.15, -0.1) is 0 Å². The lowest BCUT2D eigenvalue weighted by Gasteiger charge is -2.15. The van der Waals surface area contributed by atoms with Crippen LogP contribution in [0.25, 0.3) is 10.9 Å². The van der Waals surface area contributed by atoms with Crippen LogP contribution in [0.2, 0.25) is 0 Å². The van der Waals surface area contributed by atoms with Crippen molar-refractivity contribution in [2.24, 2.45) is 5.73 Å². The van der Waals surface area contributed by atoms with Crippen molar-refractivity contribution in [3.8, 4) is 0 Å². The predicted molar refractivity (Wildman–Crippen MR) is 89.4 cm³/mol. The number of rotatable bonds is 7. The van der Waals surface area contributed by atoms with Gasteiger partial charge in [0.05, 0.1) is 6.33 Å². The van der Waals surface area contributed by atoms with Gasteiger partial charge in [-0.3, -0.25) is 0 Å². The van der Waals surface area contributed by atoms with E-state index in [0.29, 0.717) is 6.42 Å². The minimum Gasteiger partial charge on any atom is -0.387 e. The largest absolute Gasteiger partial charge is 0.387 e. The van der Waals surface area contributed by atoms with E-state index in [9.17, 15) is 0 Å². The van der Waals surface area contributed by atoms with Crippen LogP contribution in [-0.4, -0.2) is 27.5 Å². The molecule has 0 aliphatic heterocycles. The van der Waals surface area contributed by atoms with Gasteiger partial charge in [0.15, 0.2) is 0 Å². The zero-order chi connectivity index (χ0) is 15.4. The van der Waals surface area contributed by atoms with Crippen molar-refractivity contribution >= 4 is 10.9 Å². The monoisotopic (exact) mass is 295 g/mol. The molecule has 0 saturated heterocycles. The Kier molecular flexibility index (Phi) is 4.25. The van der Waals surface area contributed by atoms with Gasteiger partial charge in [-0.05, 0) is 17.5 Å². The third kappa shape index (κ3) is 3.38. The minimum atomic E-state index is -0.122. The molecule has 3 rings (SSSR count). The highest BCUT2D eigenvalue weighted by molar-refractivity contribution is 5.80. The Hall–Kier alpha value is -2.53. The number of benzene rings is 1. The van der Waals surface area contributed by atoms with Gasteiger partial charge in [-0.25, -0.2) is 4.98 Å². The van der Waals surface area contributed by atoms with Crippen LogP contribution < -0.4 is 11.1 Å². The quantitative estimate of drug-likeness (QED) is 0.539. The van der Waals surface area contributed by atoms with Gasteiger partial charge in [0, 0.05) is 54.2 Å². The summed E-state index contributed by atoms with van der Waals surface area (Å²) in [7, 11) is 0. The molecule has 0 aliphatic rings. The summed E-state index contributed by atoms with van der Waals surface area (Å²) in [6.07, 6.45) is 5.06. The number of hydrogen-bond donors (Lipinski definition) is 4. The molecule has 0 spiro atoms. The molecule has 114 valence electrons. The number of imidazole rings is 1. The SMILES string of the molecule is C=C(NCCc1cc2ccccc2[nH]1)C(N)Cc1cnc[nH]1. The molecule has 5 nitrogen and oxygen atoms in total. The van der Waals surface area contributed by atoms with Crippen LogP contribution in [0, 0.1) is 0 Å². The Morgan fingerprint density at radius 1 is 1.32 bits per heavy atom. The van der Waals surface area contributed by atoms with E-state index in [1.807, 2.05) is 6.07 Å². The normalized spacial score (nSPS) is 12.4. The Morgan fingerprint density at radius 3 is 2.95 bits per heavy atom. The van der Waals surface area contributed by atoms with Crippen molar-refractivity contribution in [2.45, 2.75) is 18.9 Å². The summed E-state index contributed by atoms with van der Waals surface area (Å²) >= 11 is 0. The van der Waals surface area contributed by atoms with Gasteiger partial charge < -0.3 is 21.0 Å². The van der Waals surface area contributed by atoms with E-state index < -0.39 is 0 Å². The van der Waals surface area contributed by atoms with Crippen molar-refractivity contribution in [3.63, 3.8) is 0 Å². The summed E-state index contributed by atoms with van der Waals surface area (Å²) in [5.41, 5.74) is 10.4. The molecule has 1 aromatic carbocycles. The van der Waals surface area contributed by atoms with E-state index in [0.717, 1.165) is 24.4 Å². The van der Waals surface area contributed by atoms with E-state index in [2.05, 4.69) is 51.1 Å². The van der Waals surface area contributed by atoms with E-state index in [-0.39, 0.29) is 6.04 Å². The summed E-state index contributed by atoms with van der Waals surface area (Å²) in [6.45, 7) is 4.84. The van der Waals surface area contributed by atoms with Gasteiger partial charge in [0.2, 0.25) is 0 Å². The summed E-state index contributed by atoms with van der Waals surface area (Å²) in [6, 6.07) is 10.4. The Morgan fingerprint density at radius 2 is 2.18 bits per heavy atom. The number of nitrogens with two attached hydrogens (primary N) is 1. The number of nitrogens with one attached hydrogen (secondary N) is 3. The number of aromatic amines is 2. The van der Waals surface area contributed by atoms with Gasteiger partial charge in [-0.2, -0.15) is 0 Å². The second-order valence-corrected chi connectivity index (χ2v) is 5.47. The number of hydrogen-bond acceptors (Lipinski definition) is 3. The predicted octanol–water partition coefficient (Wildman–Crippen LogP) is 2.11. The zero-order valence-electron chi connectivity index (χ0n) is 12.5. The minimum absolute atomic E-state index is 0.122. The molecule has 0 aliphatic carbocycles. The molecule has 1 atom stereocenters. The van der Waals surface area contributed by atoms with Crippen LogP contribution in [0.1, 0.15) is 11.4 Å². The Labute approximate surface area is 129 Å². The second kappa shape index (κ2) is 6.49. The fraction of sp³-hybridized carbons (Fsp3) is 0.235. The van der Waals surface area contributed by atoms with Gasteiger partial charge in [0.25, 0.3) is 0 Å². The van der Waals surface area contributed by atoms with Crippen molar-refractivity contribution in [3.05, 3.63) is 66.5 Å². The Bertz CT molecular complexity index is 708. The maximum atomic E-state index is 6.13. The maximum Gasteiger partial charge on any atom is 0.0921 e. The number of para-hydroxylation sites is 1. The van der Waals surface area contributed by atoms with Crippen molar-refractivity contribution < 1.29 is 0 Å². The lowest BCUT2D eigenvalue weighted by atomic mass is 10.1. The van der Waals surface area contributed by atoms with Crippen molar-refractivity contribution in [1.82, 2.24) is 20.3 Å². The molecule has 22 heavy (non-hydrogen) atoms. The molecule has 5 N–H and O–H groups in total. The molecule has 2 heterocycles. The topological polar surface area (TPSA) is 82.5 Å². The van der Waals surface area contributed by atoms with Crippen molar-refractivity contribution in [2.75, 3.05) is 6.54 Å². The first kappa shape index (κ1) is 14.4. The smallest absolute Gasteiger partial charge is 0.0921 e. The molecule has 0 amide bonds. The first-order valence-corrected chi connectivity index (χ1v) is 7.44. The summed E-state index contributed by atoms with van der Waals surface area (Å²) in [5, 5.41) is 4.56. The molecule has 0 radical (unpaired) electrons. The number of aromatic nitrogens is 3. The van der Waals surface area contributed by atoms with Gasteiger partial charge >= 0.3 is 0 Å². The molecule has 5 heteroatoms. The average molecular weight is 295 g/mol. The number of nitrogens with zero attached hydrogens (tertiary/aromatic N) is 1. The van der Waals surface area contributed by atoms with E-state index >= 15 is 0 Å². The molecule has 2 aromatic heterocycles. The zero-order valence-corrected chi connectivity index (χ0v) is 12.5. The third-order valence-electron chi connectivity index (χ3n) is 3.77. The molecule has 3 aromatic rings.